The van der Waals surface area contributed by atoms with Gasteiger partial charge in [-0.15, -0.1) is 0 Å². The number of anilines is 1. The number of nitrogens with two attached hydrogens (primary N) is 1. The molecule has 114 valence electrons. The van der Waals surface area contributed by atoms with E-state index in [2.05, 4.69) is 5.32 Å². The van der Waals surface area contributed by atoms with E-state index in [9.17, 15) is 9.59 Å². The number of nitrogens with zero attached hydrogens (tertiary/aromatic N) is 1. The van der Waals surface area contributed by atoms with Gasteiger partial charge in [0.25, 0.3) is 5.91 Å². The van der Waals surface area contributed by atoms with Crippen LogP contribution in [0.5, 0.6) is 5.75 Å². The van der Waals surface area contributed by atoms with E-state index in [1.165, 1.54) is 7.11 Å². The highest BCUT2D eigenvalue weighted by Gasteiger charge is 2.20. The topological polar surface area (TPSA) is 84.7 Å². The largest absolute Gasteiger partial charge is 0.495 e. The molecule has 0 saturated carbocycles. The summed E-state index contributed by atoms with van der Waals surface area (Å²) in [7, 11) is 1.52. The summed E-state index contributed by atoms with van der Waals surface area (Å²) in [6.45, 7) is 1.86. The Balaban J connectivity index is 2.19. The highest BCUT2D eigenvalue weighted by atomic mass is 16.5. The van der Waals surface area contributed by atoms with Crippen molar-refractivity contribution in [2.75, 3.05) is 32.1 Å². The molecule has 6 heteroatoms. The zero-order chi connectivity index (χ0) is 15.2. The number of hydrogen-bond donors (Lipinski definition) is 2. The molecule has 1 aliphatic heterocycles. The number of rotatable bonds is 5. The molecule has 2 amide bonds. The minimum atomic E-state index is -0.193. The first-order chi connectivity index (χ1) is 10.2. The van der Waals surface area contributed by atoms with E-state index in [0.29, 0.717) is 17.0 Å². The lowest BCUT2D eigenvalue weighted by atomic mass is 10.1. The predicted molar refractivity (Wildman–Crippen MR) is 80.4 cm³/mol. The molecule has 0 aliphatic carbocycles. The fraction of sp³-hybridized carbons (Fsp3) is 0.467. The van der Waals surface area contributed by atoms with E-state index >= 15 is 0 Å². The van der Waals surface area contributed by atoms with Gasteiger partial charge in [-0.25, -0.2) is 0 Å². The highest BCUT2D eigenvalue weighted by molar-refractivity contribution is 5.98. The van der Waals surface area contributed by atoms with Crippen molar-refractivity contribution in [2.24, 2.45) is 5.73 Å². The van der Waals surface area contributed by atoms with Crippen LogP contribution in [0.4, 0.5) is 5.69 Å². The van der Waals surface area contributed by atoms with E-state index in [1.54, 1.807) is 18.2 Å². The van der Waals surface area contributed by atoms with Crippen molar-refractivity contribution in [3.05, 3.63) is 23.8 Å². The van der Waals surface area contributed by atoms with E-state index < -0.39 is 0 Å². The molecule has 0 bridgehead atoms. The molecule has 1 fully saturated rings. The lowest BCUT2D eigenvalue weighted by molar-refractivity contribution is -0.116. The van der Waals surface area contributed by atoms with Gasteiger partial charge in [-0.2, -0.15) is 0 Å². The number of likely N-dealkylation sites (tertiary alicyclic amines) is 1. The Bertz CT molecular complexity index is 525. The minimum Gasteiger partial charge on any atom is -0.495 e. The first-order valence-corrected chi connectivity index (χ1v) is 7.13. The summed E-state index contributed by atoms with van der Waals surface area (Å²) in [5, 5.41) is 2.73. The standard InChI is InChI=1S/C15H21N3O3/c1-21-13-5-4-11(15(20)18-8-2-3-9-18)10-12(13)17-14(19)6-7-16/h4-5,10H,2-3,6-9,16H2,1H3,(H,17,19). The van der Waals surface area contributed by atoms with Crippen molar-refractivity contribution < 1.29 is 14.3 Å². The van der Waals surface area contributed by atoms with Crippen LogP contribution in [0.25, 0.3) is 0 Å². The zero-order valence-electron chi connectivity index (χ0n) is 12.2. The number of methoxy groups -OCH3 is 1. The van der Waals surface area contributed by atoms with Gasteiger partial charge in [0.15, 0.2) is 0 Å². The second kappa shape index (κ2) is 7.08. The van der Waals surface area contributed by atoms with Crippen LogP contribution in [0.2, 0.25) is 0 Å². The normalized spacial score (nSPS) is 14.1. The molecular weight excluding hydrogens is 270 g/mol. The average molecular weight is 291 g/mol. The van der Waals surface area contributed by atoms with E-state index in [-0.39, 0.29) is 24.8 Å². The second-order valence-electron chi connectivity index (χ2n) is 5.00. The van der Waals surface area contributed by atoms with Gasteiger partial charge in [0.05, 0.1) is 12.8 Å². The van der Waals surface area contributed by atoms with Crippen molar-refractivity contribution in [3.63, 3.8) is 0 Å². The first kappa shape index (κ1) is 15.3. The third kappa shape index (κ3) is 3.72. The Morgan fingerprint density at radius 1 is 1.33 bits per heavy atom. The van der Waals surface area contributed by atoms with Crippen molar-refractivity contribution in [1.29, 1.82) is 0 Å². The monoisotopic (exact) mass is 291 g/mol. The lowest BCUT2D eigenvalue weighted by Gasteiger charge is -2.17. The van der Waals surface area contributed by atoms with Gasteiger partial charge in [-0.1, -0.05) is 0 Å². The quantitative estimate of drug-likeness (QED) is 0.854. The molecule has 21 heavy (non-hydrogen) atoms. The van der Waals surface area contributed by atoms with Gasteiger partial charge in [0, 0.05) is 31.6 Å². The summed E-state index contributed by atoms with van der Waals surface area (Å²) in [5.41, 5.74) is 6.42. The number of ether oxygens (including phenoxy) is 1. The highest BCUT2D eigenvalue weighted by Crippen LogP contribution is 2.26. The van der Waals surface area contributed by atoms with Crippen LogP contribution < -0.4 is 15.8 Å². The summed E-state index contributed by atoms with van der Waals surface area (Å²) in [5.74, 6) is 0.324. The summed E-state index contributed by atoms with van der Waals surface area (Å²) < 4.78 is 5.21. The number of hydrogen-bond acceptors (Lipinski definition) is 4. The van der Waals surface area contributed by atoms with Crippen LogP contribution in [0.1, 0.15) is 29.6 Å². The summed E-state index contributed by atoms with van der Waals surface area (Å²) in [6, 6.07) is 5.08. The molecule has 1 aromatic rings. The fourth-order valence-electron chi connectivity index (χ4n) is 2.39. The maximum Gasteiger partial charge on any atom is 0.253 e. The van der Waals surface area contributed by atoms with Crippen molar-refractivity contribution in [2.45, 2.75) is 19.3 Å². The molecule has 0 aromatic heterocycles. The van der Waals surface area contributed by atoms with Gasteiger partial charge in [-0.05, 0) is 31.0 Å². The average Bonchev–Trinajstić information content (AvgIpc) is 3.01. The number of carbonyl (C=O) groups excluding carboxylic acids is 2. The Kier molecular flexibility index (Phi) is 5.16. The maximum absolute atomic E-state index is 12.4. The Hall–Kier alpha value is -2.08. The second-order valence-corrected chi connectivity index (χ2v) is 5.00. The molecule has 0 spiro atoms. The third-order valence-electron chi connectivity index (χ3n) is 3.49. The van der Waals surface area contributed by atoms with Crippen molar-refractivity contribution in [1.82, 2.24) is 4.90 Å². The molecule has 0 atom stereocenters. The molecular formula is C15H21N3O3. The van der Waals surface area contributed by atoms with Crippen LogP contribution in [-0.2, 0) is 4.79 Å². The van der Waals surface area contributed by atoms with Crippen LogP contribution in [-0.4, -0.2) is 43.5 Å². The SMILES string of the molecule is COc1ccc(C(=O)N2CCCC2)cc1NC(=O)CCN. The Morgan fingerprint density at radius 2 is 2.05 bits per heavy atom. The first-order valence-electron chi connectivity index (χ1n) is 7.13. The predicted octanol–water partition coefficient (Wildman–Crippen LogP) is 1.22. The molecule has 1 heterocycles. The van der Waals surface area contributed by atoms with E-state index in [4.69, 9.17) is 10.5 Å². The fourth-order valence-corrected chi connectivity index (χ4v) is 2.39. The van der Waals surface area contributed by atoms with Crippen molar-refractivity contribution in [3.8, 4) is 5.75 Å². The molecule has 2 rings (SSSR count). The molecule has 1 saturated heterocycles. The van der Waals surface area contributed by atoms with Gasteiger partial charge >= 0.3 is 0 Å². The molecule has 3 N–H and O–H groups in total. The molecule has 0 radical (unpaired) electrons. The van der Waals surface area contributed by atoms with E-state index in [1.807, 2.05) is 4.90 Å². The van der Waals surface area contributed by atoms with Gasteiger partial charge in [0.1, 0.15) is 5.75 Å². The number of benzene rings is 1. The van der Waals surface area contributed by atoms with Crippen LogP contribution in [0.3, 0.4) is 0 Å². The smallest absolute Gasteiger partial charge is 0.253 e. The number of nitrogens with one attached hydrogen (secondary N) is 1. The van der Waals surface area contributed by atoms with Crippen LogP contribution in [0.15, 0.2) is 18.2 Å². The Morgan fingerprint density at radius 3 is 2.67 bits per heavy atom. The minimum absolute atomic E-state index is 0.00974. The third-order valence-corrected chi connectivity index (χ3v) is 3.49. The maximum atomic E-state index is 12.4. The summed E-state index contributed by atoms with van der Waals surface area (Å²) in [4.78, 5) is 25.9. The molecule has 0 unspecified atom stereocenters. The zero-order valence-corrected chi connectivity index (χ0v) is 12.2. The van der Waals surface area contributed by atoms with Gasteiger partial charge in [-0.3, -0.25) is 9.59 Å². The van der Waals surface area contributed by atoms with Gasteiger partial charge in [0.2, 0.25) is 5.91 Å². The molecule has 1 aromatic carbocycles. The molecule has 6 nitrogen and oxygen atoms in total. The number of amides is 2. The van der Waals surface area contributed by atoms with Crippen LogP contribution >= 0.6 is 0 Å². The molecule has 1 aliphatic rings. The summed E-state index contributed by atoms with van der Waals surface area (Å²) >= 11 is 0. The van der Waals surface area contributed by atoms with E-state index in [0.717, 1.165) is 25.9 Å². The summed E-state index contributed by atoms with van der Waals surface area (Å²) in [6.07, 6.45) is 2.32. The Labute approximate surface area is 124 Å². The lowest BCUT2D eigenvalue weighted by Crippen LogP contribution is -2.27. The van der Waals surface area contributed by atoms with Crippen molar-refractivity contribution >= 4 is 17.5 Å². The van der Waals surface area contributed by atoms with Crippen LogP contribution in [0, 0.1) is 0 Å². The van der Waals surface area contributed by atoms with Gasteiger partial charge < -0.3 is 20.7 Å². The number of carbonyl (C=O) groups is 2.